The summed E-state index contributed by atoms with van der Waals surface area (Å²) in [5.41, 5.74) is 1.06. The van der Waals surface area contributed by atoms with Crippen LogP contribution in [0.4, 0.5) is 0 Å². The highest BCUT2D eigenvalue weighted by Crippen LogP contribution is 2.26. The van der Waals surface area contributed by atoms with E-state index in [-0.39, 0.29) is 23.0 Å². The number of unbranched alkanes of at least 4 members (excludes halogenated alkanes) is 4. The first kappa shape index (κ1) is 37.8. The van der Waals surface area contributed by atoms with Gasteiger partial charge < -0.3 is 20.4 Å². The molecule has 1 aromatic rings. The van der Waals surface area contributed by atoms with Crippen LogP contribution in [0.2, 0.25) is 0 Å². The van der Waals surface area contributed by atoms with Gasteiger partial charge in [0.1, 0.15) is 0 Å². The van der Waals surface area contributed by atoms with Gasteiger partial charge in [-0.05, 0) is 91.6 Å². The summed E-state index contributed by atoms with van der Waals surface area (Å²) in [5, 5.41) is 38.5. The molecule has 4 N–H and O–H groups in total. The molecule has 0 heterocycles. The quantitative estimate of drug-likeness (QED) is 0.0752. The van der Waals surface area contributed by atoms with Gasteiger partial charge in [0.25, 0.3) is 0 Å². The van der Waals surface area contributed by atoms with Gasteiger partial charge in [-0.15, -0.1) is 0 Å². The Morgan fingerprint density at radius 2 is 1.12 bits per heavy atom. The predicted molar refractivity (Wildman–Crippen MR) is 171 cm³/mol. The van der Waals surface area contributed by atoms with Crippen LogP contribution in [0.25, 0.3) is 0 Å². The predicted octanol–water partition coefficient (Wildman–Crippen LogP) is 7.76. The van der Waals surface area contributed by atoms with Crippen molar-refractivity contribution in [3.8, 4) is 0 Å². The third-order valence-corrected chi connectivity index (χ3v) is 9.74. The first-order chi connectivity index (χ1) is 20.1. The zero-order valence-electron chi connectivity index (χ0n) is 25.3. The fourth-order valence-electron chi connectivity index (χ4n) is 5.07. The van der Waals surface area contributed by atoms with E-state index in [0.717, 1.165) is 73.5 Å². The second-order valence-electron chi connectivity index (χ2n) is 10.8. The number of benzene rings is 1. The van der Waals surface area contributed by atoms with Crippen molar-refractivity contribution in [3.05, 3.63) is 34.4 Å². The van der Waals surface area contributed by atoms with Gasteiger partial charge >= 0.3 is 23.9 Å². The SMILES string of the molecule is CCCCCC(CCSCCCc1ccc(C(=O)O)c(C(=O)O)c1CCCSCCC(CCCCC)C(=O)O)C(=O)O. The van der Waals surface area contributed by atoms with Crippen LogP contribution in [0.3, 0.4) is 0 Å². The lowest BCUT2D eigenvalue weighted by Gasteiger charge is -2.16. The molecule has 0 saturated heterocycles. The molecule has 0 aliphatic carbocycles. The number of carbonyl (C=O) groups is 4. The van der Waals surface area contributed by atoms with Crippen LogP contribution in [0, 0.1) is 11.8 Å². The summed E-state index contributed by atoms with van der Waals surface area (Å²) in [6.07, 6.45) is 11.2. The molecule has 0 saturated carbocycles. The van der Waals surface area contributed by atoms with E-state index >= 15 is 0 Å². The molecule has 2 atom stereocenters. The third-order valence-electron chi connectivity index (χ3n) is 7.54. The smallest absolute Gasteiger partial charge is 0.336 e. The van der Waals surface area contributed by atoms with Gasteiger partial charge in [0, 0.05) is 0 Å². The maximum atomic E-state index is 12.1. The van der Waals surface area contributed by atoms with Gasteiger partial charge in [-0.2, -0.15) is 23.5 Å². The number of aromatic carboxylic acids is 2. The van der Waals surface area contributed by atoms with E-state index in [1.807, 2.05) is 0 Å². The average Bonchev–Trinajstić information content (AvgIpc) is 2.94. The summed E-state index contributed by atoms with van der Waals surface area (Å²) in [4.78, 5) is 47.0. The topological polar surface area (TPSA) is 149 Å². The molecule has 10 heteroatoms. The van der Waals surface area contributed by atoms with Gasteiger partial charge in [0.05, 0.1) is 23.0 Å². The number of rotatable bonds is 26. The molecule has 0 radical (unpaired) electrons. The standard InChI is InChI=1S/C32H50O8S2/c1-3-5-7-11-24(29(33)34)17-21-41-19-9-13-23-15-16-27(31(37)38)28(32(39)40)26(23)14-10-20-42-22-18-25(30(35)36)12-8-6-4-2/h15-16,24-25H,3-14,17-22H2,1-2H3,(H,33,34)(H,35,36)(H,37,38)(H,39,40). The van der Waals surface area contributed by atoms with Crippen LogP contribution in [0.5, 0.6) is 0 Å². The van der Waals surface area contributed by atoms with Crippen LogP contribution in [-0.2, 0) is 22.4 Å². The Hall–Kier alpha value is -2.20. The lowest BCUT2D eigenvalue weighted by Crippen LogP contribution is -2.15. The summed E-state index contributed by atoms with van der Waals surface area (Å²) in [6, 6.07) is 3.11. The molecule has 1 rings (SSSR count). The van der Waals surface area contributed by atoms with Crippen molar-refractivity contribution in [1.82, 2.24) is 0 Å². The van der Waals surface area contributed by atoms with Crippen LogP contribution in [-0.4, -0.2) is 67.3 Å². The van der Waals surface area contributed by atoms with Crippen molar-refractivity contribution >= 4 is 47.4 Å². The minimum Gasteiger partial charge on any atom is -0.481 e. The first-order valence-electron chi connectivity index (χ1n) is 15.4. The molecule has 0 aromatic heterocycles. The number of hydrogen-bond donors (Lipinski definition) is 4. The lowest BCUT2D eigenvalue weighted by atomic mass is 9.91. The van der Waals surface area contributed by atoms with Gasteiger partial charge in [-0.25, -0.2) is 9.59 Å². The molecule has 2 unspecified atom stereocenters. The normalized spacial score (nSPS) is 12.6. The van der Waals surface area contributed by atoms with E-state index in [1.165, 1.54) is 6.07 Å². The molecule has 0 amide bonds. The van der Waals surface area contributed by atoms with Crippen LogP contribution in [0.15, 0.2) is 12.1 Å². The Kier molecular flexibility index (Phi) is 20.1. The number of thioether (sulfide) groups is 2. The van der Waals surface area contributed by atoms with Crippen LogP contribution >= 0.6 is 23.5 Å². The molecule has 1 aromatic carbocycles. The van der Waals surface area contributed by atoms with Gasteiger partial charge in [0.15, 0.2) is 0 Å². The van der Waals surface area contributed by atoms with Crippen LogP contribution < -0.4 is 0 Å². The maximum absolute atomic E-state index is 12.1. The molecule has 8 nitrogen and oxygen atoms in total. The summed E-state index contributed by atoms with van der Waals surface area (Å²) in [5.74, 6) is -1.63. The molecule has 0 bridgehead atoms. The molecular formula is C32H50O8S2. The van der Waals surface area contributed by atoms with E-state index in [9.17, 15) is 39.6 Å². The van der Waals surface area contributed by atoms with Gasteiger partial charge in [-0.1, -0.05) is 58.4 Å². The fraction of sp³-hybridized carbons (Fsp3) is 0.688. The molecular weight excluding hydrogens is 576 g/mol. The zero-order chi connectivity index (χ0) is 31.3. The Morgan fingerprint density at radius 1 is 0.619 bits per heavy atom. The van der Waals surface area contributed by atoms with E-state index < -0.39 is 23.9 Å². The molecule has 0 aliphatic heterocycles. The summed E-state index contributed by atoms with van der Waals surface area (Å²) >= 11 is 3.35. The minimum absolute atomic E-state index is 0.143. The highest BCUT2D eigenvalue weighted by Gasteiger charge is 2.23. The number of aliphatic carboxylic acids is 2. The van der Waals surface area contributed by atoms with Crippen molar-refractivity contribution in [2.45, 2.75) is 104 Å². The van der Waals surface area contributed by atoms with E-state index in [2.05, 4.69) is 13.8 Å². The van der Waals surface area contributed by atoms with Crippen molar-refractivity contribution in [3.63, 3.8) is 0 Å². The van der Waals surface area contributed by atoms with Crippen molar-refractivity contribution in [2.75, 3.05) is 23.0 Å². The highest BCUT2D eigenvalue weighted by atomic mass is 32.2. The average molecular weight is 627 g/mol. The zero-order valence-corrected chi connectivity index (χ0v) is 26.9. The van der Waals surface area contributed by atoms with Crippen molar-refractivity contribution in [2.24, 2.45) is 11.8 Å². The molecule has 238 valence electrons. The molecule has 42 heavy (non-hydrogen) atoms. The second kappa shape index (κ2) is 22.4. The Bertz CT molecular complexity index is 982. The molecule has 0 fully saturated rings. The minimum atomic E-state index is -1.26. The highest BCUT2D eigenvalue weighted by molar-refractivity contribution is 7.99. The first-order valence-corrected chi connectivity index (χ1v) is 17.7. The Morgan fingerprint density at radius 3 is 1.55 bits per heavy atom. The van der Waals surface area contributed by atoms with E-state index in [4.69, 9.17) is 0 Å². The number of aryl methyl sites for hydroxylation is 1. The Balaban J connectivity index is 2.70. The van der Waals surface area contributed by atoms with Crippen molar-refractivity contribution in [1.29, 1.82) is 0 Å². The monoisotopic (exact) mass is 626 g/mol. The van der Waals surface area contributed by atoms with E-state index in [0.29, 0.717) is 50.5 Å². The van der Waals surface area contributed by atoms with Gasteiger partial charge in [0.2, 0.25) is 0 Å². The largest absolute Gasteiger partial charge is 0.481 e. The summed E-state index contributed by atoms with van der Waals surface area (Å²) in [7, 11) is 0. The fourth-order valence-corrected chi connectivity index (χ4v) is 7.08. The van der Waals surface area contributed by atoms with Gasteiger partial charge in [-0.3, -0.25) is 9.59 Å². The number of carboxylic acid groups (broad SMARTS) is 4. The van der Waals surface area contributed by atoms with E-state index in [1.54, 1.807) is 29.6 Å². The third kappa shape index (κ3) is 14.8. The summed E-state index contributed by atoms with van der Waals surface area (Å²) in [6.45, 7) is 4.19. The molecule has 0 spiro atoms. The maximum Gasteiger partial charge on any atom is 0.336 e. The number of carboxylic acids is 4. The molecule has 0 aliphatic rings. The Labute approximate surface area is 259 Å². The van der Waals surface area contributed by atoms with Crippen LogP contribution in [0.1, 0.15) is 123 Å². The second-order valence-corrected chi connectivity index (χ2v) is 13.3. The lowest BCUT2D eigenvalue weighted by molar-refractivity contribution is -0.143. The number of hydrogen-bond acceptors (Lipinski definition) is 6. The summed E-state index contributed by atoms with van der Waals surface area (Å²) < 4.78 is 0. The van der Waals surface area contributed by atoms with Crippen molar-refractivity contribution < 1.29 is 39.6 Å².